The van der Waals surface area contributed by atoms with Crippen molar-refractivity contribution in [2.75, 3.05) is 0 Å². The smallest absolute Gasteiger partial charge is 0.218 e. The molecule has 1 aliphatic rings. The van der Waals surface area contributed by atoms with E-state index in [1.165, 1.54) is 5.56 Å². The molecule has 3 heteroatoms. The molecular weight excluding hydrogens is 164 g/mol. The molecule has 64 valence electrons. The third kappa shape index (κ3) is 0.935. The molecule has 0 saturated heterocycles. The topological polar surface area (TPSA) is 27.1 Å². The molecule has 2 aromatic rings. The Balaban J connectivity index is 2.14. The van der Waals surface area contributed by atoms with Crippen molar-refractivity contribution >= 4 is 0 Å². The number of benzene rings is 1. The van der Waals surface area contributed by atoms with E-state index < -0.39 is 0 Å². The average Bonchev–Trinajstić information content (AvgIpc) is 2.61. The standard InChI is InChI=1S/C10H8N2O/c1-2-4-9-8(3-1)7-12-10(13-9)5-6-11-12/h1-6H,7H2. The average molecular weight is 172 g/mol. The van der Waals surface area contributed by atoms with Crippen LogP contribution >= 0.6 is 0 Å². The molecule has 0 bridgehead atoms. The molecule has 0 radical (unpaired) electrons. The molecule has 0 aliphatic carbocycles. The maximum atomic E-state index is 5.62. The molecule has 0 spiro atoms. The van der Waals surface area contributed by atoms with Gasteiger partial charge in [0.2, 0.25) is 5.88 Å². The maximum Gasteiger partial charge on any atom is 0.218 e. The minimum atomic E-state index is 0.804. The van der Waals surface area contributed by atoms with Crippen LogP contribution in [0.3, 0.4) is 0 Å². The van der Waals surface area contributed by atoms with E-state index in [-0.39, 0.29) is 0 Å². The Kier molecular flexibility index (Phi) is 1.22. The highest BCUT2D eigenvalue weighted by molar-refractivity contribution is 5.38. The van der Waals surface area contributed by atoms with Crippen molar-refractivity contribution < 1.29 is 4.74 Å². The highest BCUT2D eigenvalue weighted by Crippen LogP contribution is 2.30. The van der Waals surface area contributed by atoms with Crippen LogP contribution in [0.15, 0.2) is 36.5 Å². The lowest BCUT2D eigenvalue weighted by Gasteiger charge is -2.17. The summed E-state index contributed by atoms with van der Waals surface area (Å²) in [5.41, 5.74) is 1.18. The predicted octanol–water partition coefficient (Wildman–Crippen LogP) is 2.04. The number of para-hydroxylation sites is 1. The van der Waals surface area contributed by atoms with E-state index in [0.29, 0.717) is 0 Å². The second kappa shape index (κ2) is 2.36. The van der Waals surface area contributed by atoms with Gasteiger partial charge in [-0.3, -0.25) is 0 Å². The van der Waals surface area contributed by atoms with E-state index in [4.69, 9.17) is 4.74 Å². The number of fused-ring (bicyclic) bond motifs is 2. The van der Waals surface area contributed by atoms with Gasteiger partial charge >= 0.3 is 0 Å². The van der Waals surface area contributed by atoms with Crippen LogP contribution in [0.1, 0.15) is 5.56 Å². The number of hydrogen-bond acceptors (Lipinski definition) is 2. The highest BCUT2D eigenvalue weighted by Gasteiger charge is 2.15. The summed E-state index contributed by atoms with van der Waals surface area (Å²) in [4.78, 5) is 0. The fourth-order valence-electron chi connectivity index (χ4n) is 1.53. The zero-order valence-electron chi connectivity index (χ0n) is 6.97. The van der Waals surface area contributed by atoms with Crippen LogP contribution in [0.4, 0.5) is 0 Å². The molecule has 0 saturated carbocycles. The third-order valence-corrected chi connectivity index (χ3v) is 2.18. The molecule has 3 rings (SSSR count). The second-order valence-electron chi connectivity index (χ2n) is 3.04. The van der Waals surface area contributed by atoms with Crippen molar-refractivity contribution in [1.82, 2.24) is 9.78 Å². The molecule has 1 aromatic heterocycles. The van der Waals surface area contributed by atoms with Crippen LogP contribution in [0.25, 0.3) is 0 Å². The minimum Gasteiger partial charge on any atom is -0.439 e. The van der Waals surface area contributed by atoms with Gasteiger partial charge in [0, 0.05) is 11.6 Å². The summed E-state index contributed by atoms with van der Waals surface area (Å²) in [7, 11) is 0. The van der Waals surface area contributed by atoms with Gasteiger partial charge in [0.15, 0.2) is 0 Å². The maximum absolute atomic E-state index is 5.62. The largest absolute Gasteiger partial charge is 0.439 e. The summed E-state index contributed by atoms with van der Waals surface area (Å²) in [5, 5.41) is 4.15. The first-order valence-electron chi connectivity index (χ1n) is 4.21. The number of aromatic nitrogens is 2. The lowest BCUT2D eigenvalue weighted by atomic mass is 10.2. The monoisotopic (exact) mass is 172 g/mol. The Hall–Kier alpha value is -1.77. The first-order chi connectivity index (χ1) is 6.43. The van der Waals surface area contributed by atoms with Crippen LogP contribution in [-0.4, -0.2) is 9.78 Å². The Morgan fingerprint density at radius 3 is 3.15 bits per heavy atom. The number of rotatable bonds is 0. The highest BCUT2D eigenvalue weighted by atomic mass is 16.5. The molecule has 0 N–H and O–H groups in total. The Morgan fingerprint density at radius 2 is 2.15 bits per heavy atom. The first kappa shape index (κ1) is 6.71. The molecule has 0 fully saturated rings. The van der Waals surface area contributed by atoms with E-state index >= 15 is 0 Å². The van der Waals surface area contributed by atoms with Gasteiger partial charge in [-0.1, -0.05) is 18.2 Å². The fourth-order valence-corrected chi connectivity index (χ4v) is 1.53. The van der Waals surface area contributed by atoms with Gasteiger partial charge in [0.05, 0.1) is 12.7 Å². The van der Waals surface area contributed by atoms with Crippen LogP contribution in [0, 0.1) is 0 Å². The molecule has 0 amide bonds. The van der Waals surface area contributed by atoms with Crippen LogP contribution in [-0.2, 0) is 6.54 Å². The lowest BCUT2D eigenvalue weighted by molar-refractivity contribution is 0.388. The number of nitrogens with zero attached hydrogens (tertiary/aromatic N) is 2. The predicted molar refractivity (Wildman–Crippen MR) is 47.8 cm³/mol. The molecule has 1 aliphatic heterocycles. The molecule has 1 aromatic carbocycles. The van der Waals surface area contributed by atoms with Gasteiger partial charge in [-0.25, -0.2) is 4.68 Å². The van der Waals surface area contributed by atoms with Crippen molar-refractivity contribution in [1.29, 1.82) is 0 Å². The number of hydrogen-bond donors (Lipinski definition) is 0. The zero-order chi connectivity index (χ0) is 8.67. The molecule has 3 nitrogen and oxygen atoms in total. The molecule has 2 heterocycles. The van der Waals surface area contributed by atoms with Gasteiger partial charge < -0.3 is 4.74 Å². The molecule has 13 heavy (non-hydrogen) atoms. The summed E-state index contributed by atoms with van der Waals surface area (Å²) < 4.78 is 7.47. The van der Waals surface area contributed by atoms with Gasteiger partial charge in [-0.15, -0.1) is 0 Å². The van der Waals surface area contributed by atoms with Crippen molar-refractivity contribution in [3.8, 4) is 11.6 Å². The van der Waals surface area contributed by atoms with Crippen LogP contribution in [0.2, 0.25) is 0 Å². The van der Waals surface area contributed by atoms with Crippen LogP contribution in [0.5, 0.6) is 11.6 Å². The van der Waals surface area contributed by atoms with E-state index in [9.17, 15) is 0 Å². The summed E-state index contributed by atoms with van der Waals surface area (Å²) in [6, 6.07) is 9.89. The molecule has 0 unspecified atom stereocenters. The summed E-state index contributed by atoms with van der Waals surface area (Å²) >= 11 is 0. The van der Waals surface area contributed by atoms with E-state index in [1.54, 1.807) is 6.20 Å². The minimum absolute atomic E-state index is 0.804. The first-order valence-corrected chi connectivity index (χ1v) is 4.21. The van der Waals surface area contributed by atoms with Crippen molar-refractivity contribution in [2.45, 2.75) is 6.54 Å². The van der Waals surface area contributed by atoms with Gasteiger partial charge in [-0.05, 0) is 6.07 Å². The summed E-state index contributed by atoms with van der Waals surface area (Å²) in [6.07, 6.45) is 1.75. The Morgan fingerprint density at radius 1 is 1.23 bits per heavy atom. The van der Waals surface area contributed by atoms with Crippen molar-refractivity contribution in [2.24, 2.45) is 0 Å². The number of ether oxygens (including phenoxy) is 1. The van der Waals surface area contributed by atoms with E-state index in [0.717, 1.165) is 18.2 Å². The second-order valence-corrected chi connectivity index (χ2v) is 3.04. The normalized spacial score (nSPS) is 12.9. The van der Waals surface area contributed by atoms with E-state index in [2.05, 4.69) is 11.2 Å². The quantitative estimate of drug-likeness (QED) is 0.518. The van der Waals surface area contributed by atoms with Crippen LogP contribution < -0.4 is 4.74 Å². The summed E-state index contributed by atoms with van der Waals surface area (Å²) in [6.45, 7) is 0.804. The zero-order valence-corrected chi connectivity index (χ0v) is 6.97. The van der Waals surface area contributed by atoms with E-state index in [1.807, 2.05) is 28.9 Å². The fraction of sp³-hybridized carbons (Fsp3) is 0.100. The molecule has 0 atom stereocenters. The summed E-state index contributed by atoms with van der Waals surface area (Å²) in [5.74, 6) is 1.76. The van der Waals surface area contributed by atoms with Crippen molar-refractivity contribution in [3.05, 3.63) is 42.1 Å². The van der Waals surface area contributed by atoms with Gasteiger partial charge in [0.1, 0.15) is 5.75 Å². The third-order valence-electron chi connectivity index (χ3n) is 2.18. The Labute approximate surface area is 75.6 Å². The Bertz CT molecular complexity index is 408. The van der Waals surface area contributed by atoms with Gasteiger partial charge in [-0.2, -0.15) is 5.10 Å². The van der Waals surface area contributed by atoms with Gasteiger partial charge in [0.25, 0.3) is 0 Å². The molecular formula is C10H8N2O. The lowest BCUT2D eigenvalue weighted by Crippen LogP contribution is -2.10. The van der Waals surface area contributed by atoms with Crippen molar-refractivity contribution in [3.63, 3.8) is 0 Å². The SMILES string of the molecule is c1ccc2c(c1)Cn1nccc1O2.